The Morgan fingerprint density at radius 1 is 1.18 bits per heavy atom. The number of aromatic nitrogens is 3. The fourth-order valence-electron chi connectivity index (χ4n) is 4.75. The van der Waals surface area contributed by atoms with Crippen LogP contribution in [-0.4, -0.2) is 38.3 Å². The molecule has 0 aliphatic heterocycles. The number of aryl methyl sites for hydroxylation is 1. The SMILES string of the molecule is CCn1nccc1C(=O)N[C@H](C(=O)Nc1ccc(/C(C(C)=N)=C(\C)N)nc1)C(C1CC1)C1CC1. The molecular formula is C25H33N7O2. The van der Waals surface area contributed by atoms with E-state index < -0.39 is 6.04 Å². The van der Waals surface area contributed by atoms with E-state index in [1.165, 1.54) is 0 Å². The maximum Gasteiger partial charge on any atom is 0.270 e. The first-order valence-electron chi connectivity index (χ1n) is 11.9. The Morgan fingerprint density at radius 2 is 1.85 bits per heavy atom. The van der Waals surface area contributed by atoms with Gasteiger partial charge in [-0.2, -0.15) is 5.10 Å². The molecule has 2 heterocycles. The van der Waals surface area contributed by atoms with E-state index in [1.807, 2.05) is 6.92 Å². The molecule has 180 valence electrons. The Kier molecular flexibility index (Phi) is 6.81. The standard InChI is InChI=1S/C25H33N7O2/c1-4-32-20(11-12-29-32)24(33)31-23(22(16-5-6-16)17-7-8-17)25(34)30-18-9-10-19(28-13-18)21(14(2)26)15(3)27/h9-13,16-17,22-23,26H,4-8,27H2,1-3H3,(H,30,34)(H,31,33)/b21-15+,26-14?/t23-/m0/s1. The van der Waals surface area contributed by atoms with Gasteiger partial charge in [0.15, 0.2) is 0 Å². The van der Waals surface area contributed by atoms with Crippen LogP contribution in [0.3, 0.4) is 0 Å². The summed E-state index contributed by atoms with van der Waals surface area (Å²) in [4.78, 5) is 31.0. The number of hydrogen-bond acceptors (Lipinski definition) is 6. The number of allylic oxidation sites excluding steroid dienone is 2. The highest BCUT2D eigenvalue weighted by atomic mass is 16.2. The molecule has 2 aromatic rings. The number of hydrogen-bond donors (Lipinski definition) is 4. The average molecular weight is 464 g/mol. The molecule has 0 unspecified atom stereocenters. The molecule has 5 N–H and O–H groups in total. The lowest BCUT2D eigenvalue weighted by Crippen LogP contribution is -2.50. The van der Waals surface area contributed by atoms with Crippen LogP contribution >= 0.6 is 0 Å². The normalized spacial score (nSPS) is 17.2. The quantitative estimate of drug-likeness (QED) is 0.401. The van der Waals surface area contributed by atoms with Crippen molar-refractivity contribution in [1.82, 2.24) is 20.1 Å². The summed E-state index contributed by atoms with van der Waals surface area (Å²) in [6.45, 7) is 5.90. The molecule has 2 aliphatic rings. The first-order valence-corrected chi connectivity index (χ1v) is 11.9. The van der Waals surface area contributed by atoms with Gasteiger partial charge in [0.05, 0.1) is 17.6 Å². The minimum atomic E-state index is -0.627. The van der Waals surface area contributed by atoms with E-state index in [0.717, 1.165) is 25.7 Å². The van der Waals surface area contributed by atoms with E-state index in [4.69, 9.17) is 11.1 Å². The van der Waals surface area contributed by atoms with Crippen molar-refractivity contribution in [2.24, 2.45) is 23.5 Å². The summed E-state index contributed by atoms with van der Waals surface area (Å²) in [6.07, 6.45) is 7.55. The van der Waals surface area contributed by atoms with Gasteiger partial charge in [0, 0.05) is 29.7 Å². The van der Waals surface area contributed by atoms with E-state index in [-0.39, 0.29) is 17.7 Å². The van der Waals surface area contributed by atoms with E-state index >= 15 is 0 Å². The molecule has 2 amide bonds. The lowest BCUT2D eigenvalue weighted by Gasteiger charge is -2.27. The highest BCUT2D eigenvalue weighted by Crippen LogP contribution is 2.50. The second-order valence-electron chi connectivity index (χ2n) is 9.34. The number of carbonyl (C=O) groups is 2. The van der Waals surface area contributed by atoms with Gasteiger partial charge in [-0.25, -0.2) is 0 Å². The number of carbonyl (C=O) groups excluding carboxylic acids is 2. The van der Waals surface area contributed by atoms with Crippen LogP contribution in [0.15, 0.2) is 36.3 Å². The van der Waals surface area contributed by atoms with Crippen LogP contribution < -0.4 is 16.4 Å². The molecule has 0 saturated heterocycles. The van der Waals surface area contributed by atoms with Crippen molar-refractivity contribution in [3.05, 3.63) is 47.7 Å². The second kappa shape index (κ2) is 9.79. The van der Waals surface area contributed by atoms with Crippen LogP contribution in [0.5, 0.6) is 0 Å². The molecule has 0 radical (unpaired) electrons. The zero-order valence-corrected chi connectivity index (χ0v) is 20.0. The summed E-state index contributed by atoms with van der Waals surface area (Å²) in [5.74, 6) is 0.549. The lowest BCUT2D eigenvalue weighted by atomic mass is 9.88. The van der Waals surface area contributed by atoms with Crippen LogP contribution in [0.25, 0.3) is 5.57 Å². The minimum absolute atomic E-state index is 0.129. The van der Waals surface area contributed by atoms with Gasteiger partial charge in [-0.05, 0) is 82.4 Å². The minimum Gasteiger partial charge on any atom is -0.402 e. The summed E-state index contributed by atoms with van der Waals surface area (Å²) in [7, 11) is 0. The van der Waals surface area contributed by atoms with Crippen molar-refractivity contribution in [3.63, 3.8) is 0 Å². The van der Waals surface area contributed by atoms with Crippen molar-refractivity contribution in [2.75, 3.05) is 5.32 Å². The van der Waals surface area contributed by atoms with Crippen molar-refractivity contribution in [2.45, 2.75) is 59.0 Å². The Balaban J connectivity index is 1.54. The summed E-state index contributed by atoms with van der Waals surface area (Å²) in [5.41, 5.74) is 8.92. The summed E-state index contributed by atoms with van der Waals surface area (Å²) in [6, 6.07) is 4.54. The molecular weight excluding hydrogens is 430 g/mol. The number of nitrogens with zero attached hydrogens (tertiary/aromatic N) is 3. The predicted octanol–water partition coefficient (Wildman–Crippen LogP) is 3.20. The molecule has 2 saturated carbocycles. The van der Waals surface area contributed by atoms with Crippen LogP contribution in [0, 0.1) is 23.2 Å². The highest BCUT2D eigenvalue weighted by molar-refractivity contribution is 6.21. The zero-order valence-electron chi connectivity index (χ0n) is 20.0. The fourth-order valence-corrected chi connectivity index (χ4v) is 4.75. The van der Waals surface area contributed by atoms with Crippen molar-refractivity contribution < 1.29 is 9.59 Å². The molecule has 0 bridgehead atoms. The zero-order chi connectivity index (χ0) is 24.4. The third kappa shape index (κ3) is 5.18. The topological polar surface area (TPSA) is 139 Å². The van der Waals surface area contributed by atoms with Crippen molar-refractivity contribution in [3.8, 4) is 0 Å². The third-order valence-corrected chi connectivity index (χ3v) is 6.59. The molecule has 2 aromatic heterocycles. The number of rotatable bonds is 10. The van der Waals surface area contributed by atoms with Gasteiger partial charge >= 0.3 is 0 Å². The van der Waals surface area contributed by atoms with E-state index in [1.54, 1.807) is 49.1 Å². The largest absolute Gasteiger partial charge is 0.402 e. The van der Waals surface area contributed by atoms with Gasteiger partial charge in [-0.3, -0.25) is 19.3 Å². The van der Waals surface area contributed by atoms with Gasteiger partial charge in [-0.1, -0.05) is 0 Å². The lowest BCUT2D eigenvalue weighted by molar-refractivity contribution is -0.119. The smallest absolute Gasteiger partial charge is 0.270 e. The van der Waals surface area contributed by atoms with Crippen LogP contribution in [0.4, 0.5) is 5.69 Å². The molecule has 1 atom stereocenters. The van der Waals surface area contributed by atoms with Gasteiger partial charge < -0.3 is 21.8 Å². The van der Waals surface area contributed by atoms with Gasteiger partial charge in [0.2, 0.25) is 5.91 Å². The molecule has 4 rings (SSSR count). The monoisotopic (exact) mass is 463 g/mol. The average Bonchev–Trinajstić information content (AvgIpc) is 3.73. The van der Waals surface area contributed by atoms with Crippen LogP contribution in [-0.2, 0) is 11.3 Å². The first kappa shape index (κ1) is 23.7. The number of nitrogens with one attached hydrogen (secondary N) is 3. The molecule has 0 aromatic carbocycles. The number of pyridine rings is 1. The highest BCUT2D eigenvalue weighted by Gasteiger charge is 2.48. The molecule has 0 spiro atoms. The van der Waals surface area contributed by atoms with Crippen LogP contribution in [0.1, 0.15) is 62.6 Å². The van der Waals surface area contributed by atoms with Crippen molar-refractivity contribution >= 4 is 28.8 Å². The van der Waals surface area contributed by atoms with E-state index in [2.05, 4.69) is 20.7 Å². The summed E-state index contributed by atoms with van der Waals surface area (Å²) >= 11 is 0. The molecule has 9 nitrogen and oxygen atoms in total. The van der Waals surface area contributed by atoms with Gasteiger partial charge in [0.25, 0.3) is 5.91 Å². The Morgan fingerprint density at radius 3 is 2.35 bits per heavy atom. The summed E-state index contributed by atoms with van der Waals surface area (Å²) in [5, 5.41) is 18.1. The maximum absolute atomic E-state index is 13.5. The summed E-state index contributed by atoms with van der Waals surface area (Å²) < 4.78 is 1.63. The molecule has 34 heavy (non-hydrogen) atoms. The third-order valence-electron chi connectivity index (χ3n) is 6.59. The van der Waals surface area contributed by atoms with Gasteiger partial charge in [-0.15, -0.1) is 0 Å². The Labute approximate surface area is 199 Å². The fraction of sp³-hybridized carbons (Fsp3) is 0.480. The molecule has 9 heteroatoms. The van der Waals surface area contributed by atoms with Gasteiger partial charge in [0.1, 0.15) is 11.7 Å². The predicted molar refractivity (Wildman–Crippen MR) is 131 cm³/mol. The van der Waals surface area contributed by atoms with E-state index in [9.17, 15) is 9.59 Å². The number of amides is 2. The molecule has 2 aliphatic carbocycles. The Hall–Kier alpha value is -3.49. The number of nitrogens with two attached hydrogens (primary N) is 1. The van der Waals surface area contributed by atoms with E-state index in [0.29, 0.717) is 52.4 Å². The first-order chi connectivity index (χ1) is 16.3. The number of anilines is 1. The molecule has 2 fully saturated rings. The second-order valence-corrected chi connectivity index (χ2v) is 9.34. The Bertz CT molecular complexity index is 1090. The van der Waals surface area contributed by atoms with Crippen molar-refractivity contribution in [1.29, 1.82) is 5.41 Å². The van der Waals surface area contributed by atoms with Crippen LogP contribution in [0.2, 0.25) is 0 Å². The maximum atomic E-state index is 13.5.